The van der Waals surface area contributed by atoms with Gasteiger partial charge in [-0.1, -0.05) is 24.3 Å². The molecule has 2 N–H and O–H groups in total. The van der Waals surface area contributed by atoms with Gasteiger partial charge in [0.2, 0.25) is 0 Å². The molecular weight excluding hydrogens is 490 g/mol. The van der Waals surface area contributed by atoms with Crippen LogP contribution in [0.2, 0.25) is 0 Å². The van der Waals surface area contributed by atoms with E-state index in [2.05, 4.69) is 9.80 Å². The third kappa shape index (κ3) is 8.00. The lowest BCUT2D eigenvalue weighted by Crippen LogP contribution is -2.33. The summed E-state index contributed by atoms with van der Waals surface area (Å²) in [6.45, 7) is 11.0. The van der Waals surface area contributed by atoms with Gasteiger partial charge in [-0.3, -0.25) is 9.80 Å². The maximum absolute atomic E-state index is 11.1. The molecule has 0 saturated heterocycles. The van der Waals surface area contributed by atoms with Crippen molar-refractivity contribution >= 4 is 57.2 Å². The lowest BCUT2D eigenvalue weighted by molar-refractivity contribution is 0.261. The molecule has 2 aromatic carbocycles. The average molecular weight is 524 g/mol. The van der Waals surface area contributed by atoms with Crippen molar-refractivity contribution in [1.82, 2.24) is 9.80 Å². The van der Waals surface area contributed by atoms with Crippen molar-refractivity contribution in [1.29, 1.82) is 0 Å². The van der Waals surface area contributed by atoms with Crippen LogP contribution in [-0.2, 0) is 13.1 Å². The second-order valence-electron chi connectivity index (χ2n) is 8.71. The van der Waals surface area contributed by atoms with E-state index < -0.39 is 0 Å². The van der Waals surface area contributed by atoms with Gasteiger partial charge in [0.25, 0.3) is 0 Å². The summed E-state index contributed by atoms with van der Waals surface area (Å²) in [5, 5.41) is 23.6. The fraction of sp³-hybridized carbons (Fsp3) is 0.583. The first-order valence-corrected chi connectivity index (χ1v) is 12.7. The number of benzene rings is 2. The van der Waals surface area contributed by atoms with Crippen molar-refractivity contribution in [3.05, 3.63) is 35.4 Å². The van der Waals surface area contributed by atoms with E-state index in [1.165, 1.54) is 0 Å². The zero-order chi connectivity index (χ0) is 24.0. The molecule has 0 fully saturated rings. The molecule has 180 valence electrons. The fourth-order valence-electron chi connectivity index (χ4n) is 4.15. The molecule has 0 aliphatic heterocycles. The summed E-state index contributed by atoms with van der Waals surface area (Å²) in [5.41, 5.74) is 1.33. The van der Waals surface area contributed by atoms with Gasteiger partial charge in [-0.25, -0.2) is 0 Å². The summed E-state index contributed by atoms with van der Waals surface area (Å²) in [6.07, 6.45) is 0. The highest BCUT2D eigenvalue weighted by Gasteiger charge is 2.23. The maximum Gasteiger partial charge on any atom is 0.162 e. The van der Waals surface area contributed by atoms with Crippen LogP contribution in [0, 0.1) is 0 Å². The van der Waals surface area contributed by atoms with Gasteiger partial charge in [0.15, 0.2) is 11.5 Å². The van der Waals surface area contributed by atoms with Crippen molar-refractivity contribution in [2.75, 3.05) is 26.2 Å². The fourth-order valence-corrected chi connectivity index (χ4v) is 4.93. The highest BCUT2D eigenvalue weighted by Crippen LogP contribution is 2.41. The summed E-state index contributed by atoms with van der Waals surface area (Å²) < 4.78 is 0. The van der Waals surface area contributed by atoms with E-state index in [4.69, 9.17) is 46.4 Å². The third-order valence-electron chi connectivity index (χ3n) is 5.18. The average Bonchev–Trinajstić information content (AvgIpc) is 2.66. The van der Waals surface area contributed by atoms with E-state index in [9.17, 15) is 10.2 Å². The minimum absolute atomic E-state index is 0.0738. The molecule has 32 heavy (non-hydrogen) atoms. The molecule has 0 aliphatic carbocycles. The van der Waals surface area contributed by atoms with Crippen LogP contribution < -0.4 is 0 Å². The zero-order valence-corrected chi connectivity index (χ0v) is 22.2. The van der Waals surface area contributed by atoms with Gasteiger partial charge in [0, 0.05) is 71.9 Å². The number of phenols is 2. The monoisotopic (exact) mass is 522 g/mol. The molecule has 2 aromatic rings. The minimum atomic E-state index is -0.106. The lowest BCUT2D eigenvalue weighted by Gasteiger charge is -2.28. The Morgan fingerprint density at radius 3 is 1.16 bits per heavy atom. The zero-order valence-electron chi connectivity index (χ0n) is 19.2. The topological polar surface area (TPSA) is 46.9 Å². The highest BCUT2D eigenvalue weighted by atomic mass is 35.5. The Balaban J connectivity index is 2.52. The number of phenolic OH excluding ortho intramolecular Hbond substituents is 2. The summed E-state index contributed by atoms with van der Waals surface area (Å²) in [5.74, 6) is -0.211. The van der Waals surface area contributed by atoms with Crippen LogP contribution in [0.5, 0.6) is 11.5 Å². The van der Waals surface area contributed by atoms with Crippen LogP contribution in [0.1, 0.15) is 38.8 Å². The van der Waals surface area contributed by atoms with E-state index in [0.29, 0.717) is 50.4 Å². The molecular formula is C24H34Cl4N2O2. The Morgan fingerprint density at radius 1 is 0.625 bits per heavy atom. The summed E-state index contributed by atoms with van der Waals surface area (Å²) >= 11 is 25.0. The van der Waals surface area contributed by atoms with Gasteiger partial charge in [0.1, 0.15) is 0 Å². The lowest BCUT2D eigenvalue weighted by atomic mass is 9.96. The van der Waals surface area contributed by atoms with Crippen LogP contribution in [-0.4, -0.2) is 67.7 Å². The number of nitrogens with zero attached hydrogens (tertiary/aromatic N) is 2. The van der Waals surface area contributed by atoms with E-state index in [1.54, 1.807) is 0 Å². The van der Waals surface area contributed by atoms with E-state index >= 15 is 0 Å². The minimum Gasteiger partial charge on any atom is -0.504 e. The van der Waals surface area contributed by atoms with Gasteiger partial charge in [-0.2, -0.15) is 0 Å². The Bertz CT molecular complexity index is 784. The molecule has 0 bridgehead atoms. The van der Waals surface area contributed by atoms with Crippen molar-refractivity contribution in [2.24, 2.45) is 0 Å². The van der Waals surface area contributed by atoms with Crippen molar-refractivity contribution in [3.8, 4) is 11.5 Å². The number of alkyl halides is 4. The number of rotatable bonds is 12. The summed E-state index contributed by atoms with van der Waals surface area (Å²) in [7, 11) is 0. The van der Waals surface area contributed by atoms with Crippen LogP contribution in [0.3, 0.4) is 0 Å². The smallest absolute Gasteiger partial charge is 0.162 e. The molecule has 4 atom stereocenters. The highest BCUT2D eigenvalue weighted by molar-refractivity contribution is 6.21. The maximum atomic E-state index is 11.1. The van der Waals surface area contributed by atoms with Crippen LogP contribution >= 0.6 is 46.4 Å². The van der Waals surface area contributed by atoms with Gasteiger partial charge in [0.05, 0.1) is 0 Å². The predicted octanol–water partition coefficient (Wildman–Crippen LogP) is 6.36. The Kier molecular flexibility index (Phi) is 11.0. The van der Waals surface area contributed by atoms with Crippen LogP contribution in [0.4, 0.5) is 0 Å². The normalized spacial score (nSPS) is 15.9. The Morgan fingerprint density at radius 2 is 0.906 bits per heavy atom. The van der Waals surface area contributed by atoms with Crippen molar-refractivity contribution < 1.29 is 10.2 Å². The molecule has 0 amide bonds. The van der Waals surface area contributed by atoms with E-state index in [0.717, 1.165) is 10.8 Å². The number of fused-ring (bicyclic) bond motifs is 1. The van der Waals surface area contributed by atoms with Crippen LogP contribution in [0.25, 0.3) is 10.8 Å². The second kappa shape index (κ2) is 12.7. The molecule has 0 radical (unpaired) electrons. The van der Waals surface area contributed by atoms with Gasteiger partial charge >= 0.3 is 0 Å². The number of halogens is 4. The van der Waals surface area contributed by atoms with E-state index in [-0.39, 0.29) is 33.0 Å². The molecule has 0 saturated carbocycles. The van der Waals surface area contributed by atoms with Crippen molar-refractivity contribution in [3.63, 3.8) is 0 Å². The SMILES string of the molecule is C[C@@H](Cl)CN(Cc1c(O)c(O)c(CN(C[C@@H](C)Cl)C[C@@H](C)Cl)c2ccccc12)C[C@@H](C)Cl. The standard InChI is InChI=1S/C24H34Cl4N2O2/c1-15(25)9-29(10-16(2)26)13-21-19-7-5-6-8-20(19)22(24(32)23(21)31)14-30(11-17(3)27)12-18(4)28/h5-8,15-18,31-32H,9-14H2,1-4H3/t15-,16-,17-,18-/m1/s1. The van der Waals surface area contributed by atoms with Crippen LogP contribution in [0.15, 0.2) is 24.3 Å². The van der Waals surface area contributed by atoms with Gasteiger partial charge in [-0.05, 0) is 38.5 Å². The quantitative estimate of drug-likeness (QED) is 0.251. The van der Waals surface area contributed by atoms with Crippen molar-refractivity contribution in [2.45, 2.75) is 62.3 Å². The number of hydrogen-bond donors (Lipinski definition) is 2. The van der Waals surface area contributed by atoms with Gasteiger partial charge < -0.3 is 10.2 Å². The molecule has 0 unspecified atom stereocenters. The first kappa shape index (κ1) is 27.6. The summed E-state index contributed by atoms with van der Waals surface area (Å²) in [6, 6.07) is 7.81. The second-order valence-corrected chi connectivity index (χ2v) is 11.7. The molecule has 0 aliphatic rings. The molecule has 2 rings (SSSR count). The molecule has 8 heteroatoms. The molecule has 0 aromatic heterocycles. The molecule has 0 spiro atoms. The Labute approximate surface area is 212 Å². The van der Waals surface area contributed by atoms with Gasteiger partial charge in [-0.15, -0.1) is 46.4 Å². The number of hydrogen-bond acceptors (Lipinski definition) is 4. The summed E-state index contributed by atoms with van der Waals surface area (Å²) in [4.78, 5) is 4.21. The number of aromatic hydroxyl groups is 2. The predicted molar refractivity (Wildman–Crippen MR) is 139 cm³/mol. The van der Waals surface area contributed by atoms with E-state index in [1.807, 2.05) is 52.0 Å². The third-order valence-corrected chi connectivity index (χ3v) is 5.73. The first-order valence-electron chi connectivity index (χ1n) is 10.9. The first-order chi connectivity index (χ1) is 15.0. The molecule has 0 heterocycles. The molecule has 4 nitrogen and oxygen atoms in total. The largest absolute Gasteiger partial charge is 0.504 e. The Hall–Kier alpha value is -0.620.